The van der Waals surface area contributed by atoms with E-state index in [1.54, 1.807) is 12.1 Å². The Morgan fingerprint density at radius 2 is 2.29 bits per heavy atom. The smallest absolute Gasteiger partial charge is 0.224 e. The minimum absolute atomic E-state index is 0.0358. The van der Waals surface area contributed by atoms with Crippen molar-refractivity contribution < 1.29 is 13.9 Å². The Hall–Kier alpha value is -1.23. The van der Waals surface area contributed by atoms with Gasteiger partial charge in [0.15, 0.2) is 11.6 Å². The van der Waals surface area contributed by atoms with Crippen LogP contribution in [-0.2, 0) is 11.2 Å². The second kappa shape index (κ2) is 7.69. The first-order chi connectivity index (χ1) is 10.1. The maximum Gasteiger partial charge on any atom is 0.224 e. The number of methoxy groups -OCH3 is 1. The van der Waals surface area contributed by atoms with Gasteiger partial charge in [0.2, 0.25) is 5.91 Å². The first-order valence-corrected chi connectivity index (χ1v) is 8.55. The van der Waals surface area contributed by atoms with Gasteiger partial charge < -0.3 is 10.1 Å². The molecule has 1 N–H and O–H groups in total. The summed E-state index contributed by atoms with van der Waals surface area (Å²) >= 11 is 1.87. The Bertz CT molecular complexity index is 495. The molecule has 0 radical (unpaired) electrons. The average molecular weight is 311 g/mol. The van der Waals surface area contributed by atoms with Crippen LogP contribution in [0.5, 0.6) is 5.75 Å². The lowest BCUT2D eigenvalue weighted by atomic mass is 9.94. The molecule has 1 aliphatic carbocycles. The Kier molecular flexibility index (Phi) is 5.91. The Morgan fingerprint density at radius 3 is 2.95 bits per heavy atom. The second-order valence-corrected chi connectivity index (χ2v) is 6.57. The number of hydrogen-bond acceptors (Lipinski definition) is 3. The largest absolute Gasteiger partial charge is 0.494 e. The van der Waals surface area contributed by atoms with Crippen LogP contribution in [0.2, 0.25) is 0 Å². The molecule has 116 valence electrons. The van der Waals surface area contributed by atoms with E-state index in [-0.39, 0.29) is 24.1 Å². The molecule has 0 aliphatic heterocycles. The summed E-state index contributed by atoms with van der Waals surface area (Å²) in [7, 11) is 1.43. The molecular formula is C16H22FNO2S. The summed E-state index contributed by atoms with van der Waals surface area (Å²) in [6, 6.07) is 4.91. The van der Waals surface area contributed by atoms with Crippen molar-refractivity contribution in [2.45, 2.75) is 43.4 Å². The molecule has 5 heteroatoms. The summed E-state index contributed by atoms with van der Waals surface area (Å²) in [5.41, 5.74) is 0.669. The predicted octanol–water partition coefficient (Wildman–Crippen LogP) is 3.17. The summed E-state index contributed by atoms with van der Waals surface area (Å²) in [6.45, 7) is 0. The van der Waals surface area contributed by atoms with Gasteiger partial charge in [0.1, 0.15) is 0 Å². The van der Waals surface area contributed by atoms with Crippen molar-refractivity contribution in [3.8, 4) is 5.75 Å². The highest BCUT2D eigenvalue weighted by Crippen LogP contribution is 2.27. The Labute approximate surface area is 129 Å². The summed E-state index contributed by atoms with van der Waals surface area (Å²) in [5.74, 6) is -0.261. The molecular weight excluding hydrogens is 289 g/mol. The molecule has 1 aliphatic rings. The zero-order valence-corrected chi connectivity index (χ0v) is 13.3. The van der Waals surface area contributed by atoms with Crippen LogP contribution in [0, 0.1) is 5.82 Å². The summed E-state index contributed by atoms with van der Waals surface area (Å²) < 4.78 is 18.5. The van der Waals surface area contributed by atoms with Gasteiger partial charge in [0.25, 0.3) is 0 Å². The highest BCUT2D eigenvalue weighted by molar-refractivity contribution is 7.99. The zero-order valence-electron chi connectivity index (χ0n) is 12.5. The third kappa shape index (κ3) is 4.63. The van der Waals surface area contributed by atoms with E-state index in [2.05, 4.69) is 11.6 Å². The van der Waals surface area contributed by atoms with Crippen LogP contribution in [0.4, 0.5) is 4.39 Å². The topological polar surface area (TPSA) is 38.3 Å². The minimum Gasteiger partial charge on any atom is -0.494 e. The number of benzene rings is 1. The average Bonchev–Trinajstić information content (AvgIpc) is 2.47. The summed E-state index contributed by atoms with van der Waals surface area (Å²) in [4.78, 5) is 12.1. The van der Waals surface area contributed by atoms with Crippen LogP contribution in [0.15, 0.2) is 18.2 Å². The minimum atomic E-state index is -0.428. The van der Waals surface area contributed by atoms with E-state index in [1.165, 1.54) is 19.6 Å². The summed E-state index contributed by atoms with van der Waals surface area (Å²) in [6.07, 6.45) is 6.80. The van der Waals surface area contributed by atoms with E-state index in [0.29, 0.717) is 10.8 Å². The van der Waals surface area contributed by atoms with Crippen LogP contribution in [0.1, 0.15) is 31.2 Å². The quantitative estimate of drug-likeness (QED) is 0.908. The fraction of sp³-hybridized carbons (Fsp3) is 0.562. The number of ether oxygens (including phenoxy) is 1. The number of carbonyl (C=O) groups excluding carboxylic acids is 1. The highest BCUT2D eigenvalue weighted by Gasteiger charge is 2.22. The molecule has 21 heavy (non-hydrogen) atoms. The van der Waals surface area contributed by atoms with Crippen LogP contribution < -0.4 is 10.1 Å². The van der Waals surface area contributed by atoms with Crippen molar-refractivity contribution in [3.63, 3.8) is 0 Å². The van der Waals surface area contributed by atoms with Crippen molar-refractivity contribution >= 4 is 17.7 Å². The molecule has 1 fully saturated rings. The van der Waals surface area contributed by atoms with Gasteiger partial charge in [-0.2, -0.15) is 11.8 Å². The molecule has 0 spiro atoms. The fourth-order valence-electron chi connectivity index (χ4n) is 2.77. The molecule has 0 aromatic heterocycles. The van der Waals surface area contributed by atoms with Gasteiger partial charge >= 0.3 is 0 Å². The van der Waals surface area contributed by atoms with Gasteiger partial charge in [0, 0.05) is 11.3 Å². The molecule has 2 unspecified atom stereocenters. The molecule has 1 aromatic carbocycles. The van der Waals surface area contributed by atoms with Crippen LogP contribution in [0.3, 0.4) is 0 Å². The molecule has 1 saturated carbocycles. The van der Waals surface area contributed by atoms with Crippen molar-refractivity contribution in [1.29, 1.82) is 0 Å². The van der Waals surface area contributed by atoms with E-state index in [4.69, 9.17) is 4.74 Å². The number of rotatable bonds is 5. The van der Waals surface area contributed by atoms with E-state index in [9.17, 15) is 9.18 Å². The molecule has 1 aromatic rings. The molecule has 3 nitrogen and oxygen atoms in total. The van der Waals surface area contributed by atoms with Crippen LogP contribution >= 0.6 is 11.8 Å². The van der Waals surface area contributed by atoms with Gasteiger partial charge in [-0.3, -0.25) is 4.79 Å². The number of hydrogen-bond donors (Lipinski definition) is 1. The monoisotopic (exact) mass is 311 g/mol. The third-order valence-corrected chi connectivity index (χ3v) is 5.00. The maximum absolute atomic E-state index is 13.6. The maximum atomic E-state index is 13.6. The first kappa shape index (κ1) is 16.1. The summed E-state index contributed by atoms with van der Waals surface area (Å²) in [5, 5.41) is 3.71. The zero-order chi connectivity index (χ0) is 15.2. The molecule has 0 bridgehead atoms. The fourth-order valence-corrected chi connectivity index (χ4v) is 3.60. The van der Waals surface area contributed by atoms with E-state index in [1.807, 2.05) is 11.8 Å². The van der Waals surface area contributed by atoms with Crippen molar-refractivity contribution in [2.24, 2.45) is 0 Å². The molecule has 2 atom stereocenters. The van der Waals surface area contributed by atoms with E-state index < -0.39 is 5.82 Å². The highest BCUT2D eigenvalue weighted by atomic mass is 32.2. The number of carbonyl (C=O) groups is 1. The molecule has 1 amide bonds. The normalized spacial score (nSPS) is 21.9. The Balaban J connectivity index is 1.88. The second-order valence-electron chi connectivity index (χ2n) is 5.43. The number of amides is 1. The van der Waals surface area contributed by atoms with Crippen LogP contribution in [0.25, 0.3) is 0 Å². The number of nitrogens with one attached hydrogen (secondary N) is 1. The third-order valence-electron chi connectivity index (χ3n) is 3.91. The molecule has 0 saturated heterocycles. The lowest BCUT2D eigenvalue weighted by Gasteiger charge is -2.28. The number of thioether (sulfide) groups is 1. The molecule has 0 heterocycles. The van der Waals surface area contributed by atoms with Crippen LogP contribution in [-0.4, -0.2) is 30.6 Å². The number of halogens is 1. The van der Waals surface area contributed by atoms with Crippen molar-refractivity contribution in [2.75, 3.05) is 13.4 Å². The van der Waals surface area contributed by atoms with E-state index in [0.717, 1.165) is 19.3 Å². The first-order valence-electron chi connectivity index (χ1n) is 7.27. The standard InChI is InChI=1S/C16H22FNO2S/c1-20-15-7-6-11(8-14(15)17)9-16(19)18-12-4-3-5-13(10-12)21-2/h6-8,12-13H,3-5,9-10H2,1-2H3,(H,18,19). The van der Waals surface area contributed by atoms with Gasteiger partial charge in [-0.25, -0.2) is 4.39 Å². The predicted molar refractivity (Wildman–Crippen MR) is 84.4 cm³/mol. The van der Waals surface area contributed by atoms with Gasteiger partial charge in [0.05, 0.1) is 13.5 Å². The Morgan fingerprint density at radius 1 is 1.48 bits per heavy atom. The van der Waals surface area contributed by atoms with Gasteiger partial charge in [-0.05, 0) is 43.2 Å². The lowest BCUT2D eigenvalue weighted by Crippen LogP contribution is -2.39. The van der Waals surface area contributed by atoms with Gasteiger partial charge in [-0.15, -0.1) is 0 Å². The van der Waals surface area contributed by atoms with Gasteiger partial charge in [-0.1, -0.05) is 12.5 Å². The SMILES string of the molecule is COc1ccc(CC(=O)NC2CCCC(SC)C2)cc1F. The van der Waals surface area contributed by atoms with E-state index >= 15 is 0 Å². The van der Waals surface area contributed by atoms with Crippen molar-refractivity contribution in [1.82, 2.24) is 5.32 Å². The molecule has 2 rings (SSSR count). The van der Waals surface area contributed by atoms with Crippen molar-refractivity contribution in [3.05, 3.63) is 29.6 Å². The lowest BCUT2D eigenvalue weighted by molar-refractivity contribution is -0.121.